The first kappa shape index (κ1) is 9.65. The first-order valence-corrected chi connectivity index (χ1v) is 6.84. The summed E-state index contributed by atoms with van der Waals surface area (Å²) < 4.78 is 7.05. The zero-order valence-electron chi connectivity index (χ0n) is 9.36. The van der Waals surface area contributed by atoms with E-state index in [1.165, 1.54) is 23.3 Å². The van der Waals surface area contributed by atoms with Crippen LogP contribution in [0.2, 0.25) is 0 Å². The van der Waals surface area contributed by atoms with Gasteiger partial charge in [0.05, 0.1) is 11.9 Å². The van der Waals surface area contributed by atoms with E-state index in [0.717, 1.165) is 23.1 Å². The van der Waals surface area contributed by atoms with E-state index in [4.69, 9.17) is 4.74 Å². The van der Waals surface area contributed by atoms with Crippen LogP contribution in [-0.4, -0.2) is 16.2 Å². The van der Waals surface area contributed by atoms with Crippen molar-refractivity contribution in [1.29, 1.82) is 0 Å². The number of aryl methyl sites for hydroxylation is 2. The summed E-state index contributed by atoms with van der Waals surface area (Å²) in [5.41, 5.74) is 1.36. The molecule has 0 spiro atoms. The fourth-order valence-corrected chi connectivity index (χ4v) is 4.00. The van der Waals surface area contributed by atoms with Crippen molar-refractivity contribution in [2.75, 3.05) is 6.61 Å². The van der Waals surface area contributed by atoms with E-state index in [1.54, 1.807) is 15.9 Å². The molecule has 0 amide bonds. The number of hydrogen-bond acceptors (Lipinski definition) is 4. The van der Waals surface area contributed by atoms with Gasteiger partial charge in [0.1, 0.15) is 11.4 Å². The Labute approximate surface area is 102 Å². The minimum atomic E-state index is 0.0990. The van der Waals surface area contributed by atoms with Gasteiger partial charge in [0.15, 0.2) is 0 Å². The molecule has 0 atom stereocenters. The van der Waals surface area contributed by atoms with Crippen LogP contribution in [0.5, 0.6) is 6.01 Å². The minimum absolute atomic E-state index is 0.0990. The molecular formula is C12H12N2O2S. The highest BCUT2D eigenvalue weighted by Gasteiger charge is 2.24. The molecule has 2 aromatic heterocycles. The molecule has 0 fully saturated rings. The average Bonchev–Trinajstić information content (AvgIpc) is 2.92. The summed E-state index contributed by atoms with van der Waals surface area (Å²) in [6.07, 6.45) is 4.56. The molecule has 2 aliphatic rings. The molecule has 2 aromatic rings. The molecule has 1 aliphatic heterocycles. The molecular weight excluding hydrogens is 236 g/mol. The van der Waals surface area contributed by atoms with Gasteiger partial charge >= 0.3 is 6.01 Å². The summed E-state index contributed by atoms with van der Waals surface area (Å²) in [5, 5.41) is 0.860. The highest BCUT2D eigenvalue weighted by atomic mass is 32.1. The van der Waals surface area contributed by atoms with E-state index in [0.29, 0.717) is 19.2 Å². The predicted octanol–water partition coefficient (Wildman–Crippen LogP) is 1.73. The molecule has 5 heteroatoms. The monoisotopic (exact) mass is 248 g/mol. The number of aromatic nitrogens is 2. The molecule has 0 bridgehead atoms. The van der Waals surface area contributed by atoms with Gasteiger partial charge in [0.25, 0.3) is 5.56 Å². The number of hydrogen-bond donors (Lipinski definition) is 0. The van der Waals surface area contributed by atoms with Crippen molar-refractivity contribution in [2.45, 2.75) is 32.2 Å². The molecule has 0 N–H and O–H groups in total. The lowest BCUT2D eigenvalue weighted by Gasteiger charge is -2.09. The average molecular weight is 248 g/mol. The van der Waals surface area contributed by atoms with Crippen LogP contribution in [0.15, 0.2) is 4.79 Å². The van der Waals surface area contributed by atoms with Crippen LogP contribution in [0, 0.1) is 0 Å². The topological polar surface area (TPSA) is 44.1 Å². The highest BCUT2D eigenvalue weighted by Crippen LogP contribution is 2.34. The van der Waals surface area contributed by atoms with Crippen molar-refractivity contribution >= 4 is 21.6 Å². The van der Waals surface area contributed by atoms with E-state index < -0.39 is 0 Å². The van der Waals surface area contributed by atoms with Gasteiger partial charge in [-0.15, -0.1) is 11.3 Å². The van der Waals surface area contributed by atoms with Crippen molar-refractivity contribution in [3.05, 3.63) is 20.8 Å². The standard InChI is InChI=1S/C12H12N2O2S/c15-11-9-7-3-1-2-4-8(7)17-10(9)13-12-14(11)5-6-16-12/h1-6H2. The number of fused-ring (bicyclic) bond motifs is 4. The van der Waals surface area contributed by atoms with Gasteiger partial charge in [-0.3, -0.25) is 9.36 Å². The number of thiophene rings is 1. The fourth-order valence-electron chi connectivity index (χ4n) is 2.76. The third kappa shape index (κ3) is 1.23. The Morgan fingerprint density at radius 3 is 3.12 bits per heavy atom. The first-order valence-electron chi connectivity index (χ1n) is 6.02. The van der Waals surface area contributed by atoms with Gasteiger partial charge in [0.2, 0.25) is 0 Å². The Hall–Kier alpha value is -1.36. The second-order valence-corrected chi connectivity index (χ2v) is 5.67. The van der Waals surface area contributed by atoms with Crippen molar-refractivity contribution in [3.8, 4) is 6.01 Å². The van der Waals surface area contributed by atoms with Gasteiger partial charge in [-0.2, -0.15) is 4.98 Å². The maximum Gasteiger partial charge on any atom is 0.300 e. The zero-order valence-corrected chi connectivity index (χ0v) is 10.2. The van der Waals surface area contributed by atoms with E-state index in [1.807, 2.05) is 0 Å². The molecule has 0 saturated heterocycles. The van der Waals surface area contributed by atoms with Crippen LogP contribution in [0.4, 0.5) is 0 Å². The molecule has 4 rings (SSSR count). The molecule has 3 heterocycles. The van der Waals surface area contributed by atoms with Crippen LogP contribution in [0.3, 0.4) is 0 Å². The molecule has 17 heavy (non-hydrogen) atoms. The van der Waals surface area contributed by atoms with Crippen LogP contribution in [-0.2, 0) is 19.4 Å². The highest BCUT2D eigenvalue weighted by molar-refractivity contribution is 7.18. The molecule has 0 unspecified atom stereocenters. The maximum atomic E-state index is 12.4. The molecule has 88 valence electrons. The van der Waals surface area contributed by atoms with Crippen molar-refractivity contribution in [2.24, 2.45) is 0 Å². The molecule has 1 aliphatic carbocycles. The summed E-state index contributed by atoms with van der Waals surface area (Å²) in [4.78, 5) is 19.1. The third-order valence-corrected chi connectivity index (χ3v) is 4.77. The van der Waals surface area contributed by atoms with Crippen LogP contribution >= 0.6 is 11.3 Å². The van der Waals surface area contributed by atoms with Crippen molar-refractivity contribution in [1.82, 2.24) is 9.55 Å². The quantitative estimate of drug-likeness (QED) is 0.713. The number of rotatable bonds is 0. The summed E-state index contributed by atoms with van der Waals surface area (Å²) in [7, 11) is 0. The van der Waals surface area contributed by atoms with E-state index in [2.05, 4.69) is 4.98 Å². The van der Waals surface area contributed by atoms with Crippen molar-refractivity contribution in [3.63, 3.8) is 0 Å². The second kappa shape index (κ2) is 3.32. The summed E-state index contributed by atoms with van der Waals surface area (Å²) in [6.45, 7) is 1.21. The Bertz CT molecular complexity index is 671. The smallest absolute Gasteiger partial charge is 0.300 e. The van der Waals surface area contributed by atoms with Gasteiger partial charge < -0.3 is 4.74 Å². The number of ether oxygens (including phenoxy) is 1. The largest absolute Gasteiger partial charge is 0.463 e. The van der Waals surface area contributed by atoms with Crippen molar-refractivity contribution < 1.29 is 4.74 Å². The lowest BCUT2D eigenvalue weighted by molar-refractivity contribution is 0.345. The van der Waals surface area contributed by atoms with Crippen LogP contribution in [0.1, 0.15) is 23.3 Å². The lowest BCUT2D eigenvalue weighted by Crippen LogP contribution is -2.19. The van der Waals surface area contributed by atoms with Crippen LogP contribution < -0.4 is 10.3 Å². The molecule has 0 aromatic carbocycles. The molecule has 4 nitrogen and oxygen atoms in total. The Morgan fingerprint density at radius 1 is 1.29 bits per heavy atom. The van der Waals surface area contributed by atoms with Crippen LogP contribution in [0.25, 0.3) is 10.2 Å². The second-order valence-electron chi connectivity index (χ2n) is 4.59. The Kier molecular flexibility index (Phi) is 1.88. The SMILES string of the molecule is O=c1c2c3c(sc2nc2n1CCO2)CCCC3. The fraction of sp³-hybridized carbons (Fsp3) is 0.500. The summed E-state index contributed by atoms with van der Waals surface area (Å²) >= 11 is 1.68. The van der Waals surface area contributed by atoms with Gasteiger partial charge in [-0.25, -0.2) is 0 Å². The van der Waals surface area contributed by atoms with E-state index in [9.17, 15) is 4.79 Å². The Morgan fingerprint density at radius 2 is 2.18 bits per heavy atom. The van der Waals surface area contributed by atoms with E-state index >= 15 is 0 Å². The predicted molar refractivity (Wildman–Crippen MR) is 66.0 cm³/mol. The zero-order chi connectivity index (χ0) is 11.4. The Balaban J connectivity index is 2.12. The summed E-state index contributed by atoms with van der Waals surface area (Å²) in [5.74, 6) is 0. The maximum absolute atomic E-state index is 12.4. The third-order valence-electron chi connectivity index (χ3n) is 3.59. The first-order chi connectivity index (χ1) is 8.34. The van der Waals surface area contributed by atoms with E-state index in [-0.39, 0.29) is 5.56 Å². The lowest BCUT2D eigenvalue weighted by atomic mass is 9.97. The minimum Gasteiger partial charge on any atom is -0.463 e. The van der Waals surface area contributed by atoms with Gasteiger partial charge in [-0.1, -0.05) is 0 Å². The molecule has 0 radical (unpaired) electrons. The normalized spacial score (nSPS) is 17.9. The number of nitrogens with zero attached hydrogens (tertiary/aromatic N) is 2. The van der Waals surface area contributed by atoms with Gasteiger partial charge in [-0.05, 0) is 31.2 Å². The summed E-state index contributed by atoms with van der Waals surface area (Å²) in [6, 6.07) is 0.501. The molecule has 0 saturated carbocycles. The van der Waals surface area contributed by atoms with Gasteiger partial charge in [0, 0.05) is 4.88 Å².